The van der Waals surface area contributed by atoms with E-state index in [1.807, 2.05) is 0 Å². The van der Waals surface area contributed by atoms with Crippen LogP contribution in [0.2, 0.25) is 0 Å². The maximum absolute atomic E-state index is 5.72. The average Bonchev–Trinajstić information content (AvgIpc) is 3.43. The van der Waals surface area contributed by atoms with Crippen LogP contribution in [0, 0.1) is 0 Å². The SMILES string of the molecule is CCCC1(CCC)c2cc(OC)ccc2-c2ccc(-c3ccc4c(c3)C(CCC)(CCC)c3cc(OC)ccc3-4)cc21. The Morgan fingerprint density at radius 3 is 1.05 bits per heavy atom. The number of methoxy groups -OCH3 is 2. The lowest BCUT2D eigenvalue weighted by molar-refractivity contribution is 0.406. The summed E-state index contributed by atoms with van der Waals surface area (Å²) in [6.45, 7) is 9.31. The van der Waals surface area contributed by atoms with Crippen molar-refractivity contribution in [3.8, 4) is 44.9 Å². The molecule has 0 aliphatic heterocycles. The van der Waals surface area contributed by atoms with Crippen LogP contribution in [0.1, 0.15) is 101 Å². The molecule has 0 amide bonds. The largest absolute Gasteiger partial charge is 0.497 e. The molecule has 2 heteroatoms. The summed E-state index contributed by atoms with van der Waals surface area (Å²) in [4.78, 5) is 0. The van der Waals surface area contributed by atoms with Crippen molar-refractivity contribution in [2.75, 3.05) is 14.2 Å². The van der Waals surface area contributed by atoms with Gasteiger partial charge in [0, 0.05) is 10.8 Å². The standard InChI is InChI=1S/C40H46O2/c1-7-19-39(20-8-2)35-23-27(11-15-31(35)33-17-13-29(41-5)25-37(33)39)28-12-16-32-34-18-14-30(42-6)26-38(34)40(21-9-3,22-10-4)36(32)24-28/h11-18,23-26H,7-10,19-22H2,1-6H3. The van der Waals surface area contributed by atoms with Crippen LogP contribution in [0.25, 0.3) is 33.4 Å². The van der Waals surface area contributed by atoms with Gasteiger partial charge in [-0.3, -0.25) is 0 Å². The molecule has 0 fully saturated rings. The van der Waals surface area contributed by atoms with Crippen molar-refractivity contribution in [1.29, 1.82) is 0 Å². The van der Waals surface area contributed by atoms with Gasteiger partial charge in [0.2, 0.25) is 0 Å². The van der Waals surface area contributed by atoms with Crippen molar-refractivity contribution in [1.82, 2.24) is 0 Å². The molecular formula is C40H46O2. The number of hydrogen-bond donors (Lipinski definition) is 0. The minimum Gasteiger partial charge on any atom is -0.497 e. The van der Waals surface area contributed by atoms with E-state index in [1.54, 1.807) is 14.2 Å². The van der Waals surface area contributed by atoms with Crippen LogP contribution in [0.3, 0.4) is 0 Å². The average molecular weight is 559 g/mol. The highest BCUT2D eigenvalue weighted by Crippen LogP contribution is 2.57. The molecule has 0 heterocycles. The van der Waals surface area contributed by atoms with Gasteiger partial charge in [0.05, 0.1) is 14.2 Å². The third kappa shape index (κ3) is 4.21. The van der Waals surface area contributed by atoms with E-state index in [1.165, 1.54) is 55.6 Å². The lowest BCUT2D eigenvalue weighted by atomic mass is 9.70. The van der Waals surface area contributed by atoms with E-state index in [4.69, 9.17) is 9.47 Å². The highest BCUT2D eigenvalue weighted by molar-refractivity contribution is 5.87. The Hall–Kier alpha value is -3.52. The van der Waals surface area contributed by atoms with E-state index < -0.39 is 0 Å². The molecule has 0 atom stereocenters. The topological polar surface area (TPSA) is 18.5 Å². The van der Waals surface area contributed by atoms with E-state index in [-0.39, 0.29) is 10.8 Å². The number of rotatable bonds is 11. The first-order valence-electron chi connectivity index (χ1n) is 16.2. The summed E-state index contributed by atoms with van der Waals surface area (Å²) in [5.41, 5.74) is 14.1. The third-order valence-corrected chi connectivity index (χ3v) is 10.2. The first-order valence-corrected chi connectivity index (χ1v) is 16.2. The lowest BCUT2D eigenvalue weighted by Gasteiger charge is -2.33. The Labute approximate surface area is 253 Å². The minimum atomic E-state index is 0.0242. The molecule has 4 aromatic carbocycles. The molecule has 0 spiro atoms. The van der Waals surface area contributed by atoms with Crippen molar-refractivity contribution in [3.63, 3.8) is 0 Å². The van der Waals surface area contributed by atoms with Gasteiger partial charge in [-0.15, -0.1) is 0 Å². The Balaban J connectivity index is 1.52. The Bertz CT molecular complexity index is 1480. The van der Waals surface area contributed by atoms with Gasteiger partial charge >= 0.3 is 0 Å². The number of ether oxygens (including phenoxy) is 2. The molecule has 0 unspecified atom stereocenters. The first-order chi connectivity index (χ1) is 20.5. The second-order valence-corrected chi connectivity index (χ2v) is 12.5. The van der Waals surface area contributed by atoms with Gasteiger partial charge in [-0.1, -0.05) is 89.8 Å². The van der Waals surface area contributed by atoms with Crippen LogP contribution in [0.15, 0.2) is 72.8 Å². The summed E-state index contributed by atoms with van der Waals surface area (Å²) >= 11 is 0. The maximum atomic E-state index is 5.72. The molecule has 0 N–H and O–H groups in total. The van der Waals surface area contributed by atoms with Gasteiger partial charge < -0.3 is 9.47 Å². The quantitative estimate of drug-likeness (QED) is 0.182. The molecule has 2 aliphatic carbocycles. The van der Waals surface area contributed by atoms with Gasteiger partial charge in [0.1, 0.15) is 11.5 Å². The fourth-order valence-electron chi connectivity index (χ4n) is 8.60. The van der Waals surface area contributed by atoms with Crippen LogP contribution in [0.5, 0.6) is 11.5 Å². The van der Waals surface area contributed by atoms with Crippen LogP contribution >= 0.6 is 0 Å². The first kappa shape index (κ1) is 28.6. The second-order valence-electron chi connectivity index (χ2n) is 12.5. The number of hydrogen-bond acceptors (Lipinski definition) is 2. The zero-order valence-electron chi connectivity index (χ0n) is 26.4. The van der Waals surface area contributed by atoms with E-state index >= 15 is 0 Å². The lowest BCUT2D eigenvalue weighted by Crippen LogP contribution is -2.25. The third-order valence-electron chi connectivity index (χ3n) is 10.2. The van der Waals surface area contributed by atoms with Gasteiger partial charge in [0.25, 0.3) is 0 Å². The van der Waals surface area contributed by atoms with E-state index in [9.17, 15) is 0 Å². The molecule has 0 radical (unpaired) electrons. The summed E-state index contributed by atoms with van der Waals surface area (Å²) in [5, 5.41) is 0. The fraction of sp³-hybridized carbons (Fsp3) is 0.400. The zero-order valence-corrected chi connectivity index (χ0v) is 26.4. The van der Waals surface area contributed by atoms with Gasteiger partial charge in [-0.25, -0.2) is 0 Å². The summed E-state index contributed by atoms with van der Waals surface area (Å²) < 4.78 is 11.4. The zero-order chi connectivity index (χ0) is 29.5. The maximum Gasteiger partial charge on any atom is 0.119 e. The van der Waals surface area contributed by atoms with Crippen molar-refractivity contribution in [2.45, 2.75) is 89.9 Å². The predicted molar refractivity (Wildman–Crippen MR) is 177 cm³/mol. The molecule has 0 bridgehead atoms. The van der Waals surface area contributed by atoms with E-state index in [0.29, 0.717) is 0 Å². The molecule has 2 nitrogen and oxygen atoms in total. The van der Waals surface area contributed by atoms with Crippen molar-refractivity contribution >= 4 is 0 Å². The van der Waals surface area contributed by atoms with Crippen LogP contribution in [-0.2, 0) is 10.8 Å². The summed E-state index contributed by atoms with van der Waals surface area (Å²) in [7, 11) is 3.56. The summed E-state index contributed by atoms with van der Waals surface area (Å²) in [5.74, 6) is 1.91. The summed E-state index contributed by atoms with van der Waals surface area (Å²) in [6, 6.07) is 28.0. The van der Waals surface area contributed by atoms with Crippen molar-refractivity contribution in [2.24, 2.45) is 0 Å². The summed E-state index contributed by atoms with van der Waals surface area (Å²) in [6.07, 6.45) is 9.19. The number of benzene rings is 4. The molecule has 218 valence electrons. The number of fused-ring (bicyclic) bond motifs is 6. The highest BCUT2D eigenvalue weighted by Gasteiger charge is 2.44. The Kier molecular flexibility index (Phi) is 7.68. The molecule has 4 aromatic rings. The molecule has 0 saturated carbocycles. The van der Waals surface area contributed by atoms with Crippen LogP contribution < -0.4 is 9.47 Å². The van der Waals surface area contributed by atoms with Crippen LogP contribution in [0.4, 0.5) is 0 Å². The van der Waals surface area contributed by atoms with E-state index in [2.05, 4.69) is 100 Å². The normalized spacial score (nSPS) is 15.1. The minimum absolute atomic E-state index is 0.0242. The molecule has 2 aliphatic rings. The molecule has 0 saturated heterocycles. The van der Waals surface area contributed by atoms with Gasteiger partial charge in [-0.2, -0.15) is 0 Å². The second kappa shape index (κ2) is 11.3. The van der Waals surface area contributed by atoms with Crippen LogP contribution in [-0.4, -0.2) is 14.2 Å². The van der Waals surface area contributed by atoms with Gasteiger partial charge in [-0.05, 0) is 118 Å². The monoisotopic (exact) mass is 558 g/mol. The highest BCUT2D eigenvalue weighted by atomic mass is 16.5. The smallest absolute Gasteiger partial charge is 0.119 e. The Morgan fingerprint density at radius 2 is 0.738 bits per heavy atom. The molecule has 6 rings (SSSR count). The fourth-order valence-corrected chi connectivity index (χ4v) is 8.60. The van der Waals surface area contributed by atoms with E-state index in [0.717, 1.165) is 62.9 Å². The Morgan fingerprint density at radius 1 is 0.429 bits per heavy atom. The van der Waals surface area contributed by atoms with Crippen molar-refractivity contribution < 1.29 is 9.47 Å². The van der Waals surface area contributed by atoms with Gasteiger partial charge in [0.15, 0.2) is 0 Å². The van der Waals surface area contributed by atoms with Crippen molar-refractivity contribution in [3.05, 3.63) is 95.1 Å². The molecule has 0 aromatic heterocycles. The molecular weight excluding hydrogens is 512 g/mol. The molecule has 42 heavy (non-hydrogen) atoms. The predicted octanol–water partition coefficient (Wildman–Crippen LogP) is 11.1.